The molecular weight excluding hydrogens is 462 g/mol. The zero-order valence-corrected chi connectivity index (χ0v) is 21.4. The van der Waals surface area contributed by atoms with Gasteiger partial charge in [0.15, 0.2) is 0 Å². The van der Waals surface area contributed by atoms with Crippen molar-refractivity contribution in [2.75, 3.05) is 11.4 Å². The van der Waals surface area contributed by atoms with Crippen LogP contribution in [0.1, 0.15) is 49.4 Å². The summed E-state index contributed by atoms with van der Waals surface area (Å²) in [7, 11) is 0. The van der Waals surface area contributed by atoms with Crippen molar-refractivity contribution in [1.82, 2.24) is 20.3 Å². The minimum Gasteiger partial charge on any atom is -0.354 e. The van der Waals surface area contributed by atoms with Crippen LogP contribution in [-0.4, -0.2) is 33.4 Å². The average molecular weight is 496 g/mol. The topological polar surface area (TPSA) is 80.1 Å². The van der Waals surface area contributed by atoms with Crippen LogP contribution in [0.2, 0.25) is 0 Å². The first-order valence-corrected chi connectivity index (χ1v) is 13.1. The molecule has 0 bridgehead atoms. The molecule has 1 heterocycles. The Balaban J connectivity index is 1.55. The van der Waals surface area contributed by atoms with Crippen molar-refractivity contribution in [1.29, 1.82) is 0 Å². The van der Waals surface area contributed by atoms with E-state index in [0.717, 1.165) is 48.0 Å². The zero-order valence-electron chi connectivity index (χ0n) is 21.4. The lowest BCUT2D eigenvalue weighted by Gasteiger charge is -2.32. The van der Waals surface area contributed by atoms with E-state index in [1.165, 1.54) is 11.1 Å². The smallest absolute Gasteiger partial charge is 0.249 e. The van der Waals surface area contributed by atoms with Gasteiger partial charge in [0.05, 0.1) is 5.52 Å². The quantitative estimate of drug-likeness (QED) is 0.360. The first kappa shape index (κ1) is 24.7. The molecule has 2 amide bonds. The highest BCUT2D eigenvalue weighted by molar-refractivity contribution is 6.01. The maximum absolute atomic E-state index is 14.1. The summed E-state index contributed by atoms with van der Waals surface area (Å²) in [6.45, 7) is 4.78. The maximum Gasteiger partial charge on any atom is 0.249 e. The van der Waals surface area contributed by atoms with Crippen LogP contribution < -0.4 is 10.2 Å². The average Bonchev–Trinajstić information content (AvgIpc) is 3.54. The molecule has 1 aliphatic rings. The number of fused-ring (bicyclic) bond motifs is 2. The van der Waals surface area contributed by atoms with Gasteiger partial charge < -0.3 is 5.32 Å². The summed E-state index contributed by atoms with van der Waals surface area (Å²) in [4.78, 5) is 29.5. The summed E-state index contributed by atoms with van der Waals surface area (Å²) in [5.41, 5.74) is 5.56. The van der Waals surface area contributed by atoms with E-state index in [4.69, 9.17) is 0 Å². The van der Waals surface area contributed by atoms with Gasteiger partial charge in [0.1, 0.15) is 18.1 Å². The Kier molecular flexibility index (Phi) is 7.30. The van der Waals surface area contributed by atoms with Crippen molar-refractivity contribution in [3.63, 3.8) is 0 Å². The number of rotatable bonds is 9. The van der Waals surface area contributed by atoms with Crippen LogP contribution in [0.25, 0.3) is 11.0 Å². The number of nitrogens with one attached hydrogen (secondary N) is 1. The number of nitrogens with zero attached hydrogens (tertiary/aromatic N) is 4. The van der Waals surface area contributed by atoms with Crippen molar-refractivity contribution in [3.05, 3.63) is 89.5 Å². The first-order chi connectivity index (χ1) is 18.0. The molecule has 0 spiro atoms. The van der Waals surface area contributed by atoms with Crippen molar-refractivity contribution < 1.29 is 9.59 Å². The fraction of sp³-hybridized carbons (Fsp3) is 0.333. The van der Waals surface area contributed by atoms with E-state index < -0.39 is 6.04 Å². The van der Waals surface area contributed by atoms with Crippen LogP contribution in [-0.2, 0) is 29.0 Å². The van der Waals surface area contributed by atoms with Crippen LogP contribution >= 0.6 is 0 Å². The third-order valence-corrected chi connectivity index (χ3v) is 6.98. The fourth-order valence-corrected chi connectivity index (χ4v) is 5.02. The number of hydrogen-bond donors (Lipinski definition) is 1. The molecule has 190 valence electrons. The molecule has 0 aliphatic heterocycles. The van der Waals surface area contributed by atoms with Gasteiger partial charge in [-0.2, -0.15) is 0 Å². The van der Waals surface area contributed by atoms with Crippen LogP contribution in [0.5, 0.6) is 0 Å². The number of carbonyl (C=O) groups excluding carboxylic acids is 2. The van der Waals surface area contributed by atoms with Gasteiger partial charge in [0.2, 0.25) is 11.8 Å². The highest BCUT2D eigenvalue weighted by atomic mass is 16.2. The highest BCUT2D eigenvalue weighted by Crippen LogP contribution is 2.33. The second kappa shape index (κ2) is 10.9. The summed E-state index contributed by atoms with van der Waals surface area (Å²) < 4.78 is 1.61. The SMILES string of the molecule is CC(C)CCNC(=O)[C@H](c1ccccc1)N(C(=O)Cn1nnc2ccccc21)c1ccc2c(c1)CCC2. The zero-order chi connectivity index (χ0) is 25.8. The Labute approximate surface area is 217 Å². The molecule has 1 atom stereocenters. The molecule has 0 unspecified atom stereocenters. The Hall–Kier alpha value is -4.00. The molecular formula is C30H33N5O2. The van der Waals surface area contributed by atoms with Crippen molar-refractivity contribution in [2.45, 2.75) is 52.1 Å². The monoisotopic (exact) mass is 495 g/mol. The molecule has 1 aromatic heterocycles. The van der Waals surface area contributed by atoms with Crippen LogP contribution in [0, 0.1) is 5.92 Å². The minimum atomic E-state index is -0.810. The van der Waals surface area contributed by atoms with Crippen molar-refractivity contribution >= 4 is 28.5 Å². The number of para-hydroxylation sites is 1. The van der Waals surface area contributed by atoms with Crippen LogP contribution in [0.4, 0.5) is 5.69 Å². The van der Waals surface area contributed by atoms with Gasteiger partial charge in [-0.05, 0) is 72.6 Å². The van der Waals surface area contributed by atoms with Gasteiger partial charge in [0.25, 0.3) is 0 Å². The maximum atomic E-state index is 14.1. The van der Waals surface area contributed by atoms with E-state index >= 15 is 0 Å². The number of aromatic nitrogens is 3. The lowest BCUT2D eigenvalue weighted by atomic mass is 10.0. The summed E-state index contributed by atoms with van der Waals surface area (Å²) in [6, 6.07) is 22.4. The van der Waals surface area contributed by atoms with Gasteiger partial charge in [-0.25, -0.2) is 4.68 Å². The summed E-state index contributed by atoms with van der Waals surface area (Å²) in [6.07, 6.45) is 4.00. The Bertz CT molecular complexity index is 1400. The molecule has 0 fully saturated rings. The molecule has 0 radical (unpaired) electrons. The molecule has 5 rings (SSSR count). The van der Waals surface area contributed by atoms with E-state index in [0.29, 0.717) is 12.5 Å². The molecule has 4 aromatic rings. The molecule has 37 heavy (non-hydrogen) atoms. The normalized spacial score (nSPS) is 13.5. The standard InChI is InChI=1S/C30H33N5O2/c1-21(2)17-18-31-30(37)29(23-9-4-3-5-10-23)35(25-16-15-22-11-8-12-24(22)19-25)28(36)20-34-27-14-7-6-13-26(27)32-33-34/h3-7,9-10,13-16,19,21,29H,8,11-12,17-18,20H2,1-2H3,(H,31,37)/t29-/m0/s1. The van der Waals surface area contributed by atoms with E-state index in [1.807, 2.05) is 60.7 Å². The number of anilines is 1. The lowest BCUT2D eigenvalue weighted by molar-refractivity contribution is -0.127. The second-order valence-corrected chi connectivity index (χ2v) is 10.1. The highest BCUT2D eigenvalue weighted by Gasteiger charge is 2.33. The lowest BCUT2D eigenvalue weighted by Crippen LogP contribution is -2.45. The number of hydrogen-bond acceptors (Lipinski definition) is 4. The molecule has 0 saturated heterocycles. The number of benzene rings is 3. The Morgan fingerprint density at radius 2 is 1.73 bits per heavy atom. The summed E-state index contributed by atoms with van der Waals surface area (Å²) >= 11 is 0. The molecule has 7 nitrogen and oxygen atoms in total. The predicted octanol–water partition coefficient (Wildman–Crippen LogP) is 4.86. The van der Waals surface area contributed by atoms with Crippen LogP contribution in [0.3, 0.4) is 0 Å². The first-order valence-electron chi connectivity index (χ1n) is 13.1. The molecule has 3 aromatic carbocycles. The van der Waals surface area contributed by atoms with Gasteiger partial charge >= 0.3 is 0 Å². The van der Waals surface area contributed by atoms with E-state index in [1.54, 1.807) is 9.58 Å². The Morgan fingerprint density at radius 1 is 0.973 bits per heavy atom. The molecule has 1 N–H and O–H groups in total. The van der Waals surface area contributed by atoms with Crippen molar-refractivity contribution in [3.8, 4) is 0 Å². The minimum absolute atomic E-state index is 0.0276. The van der Waals surface area contributed by atoms with Gasteiger partial charge in [-0.3, -0.25) is 14.5 Å². The molecule has 0 saturated carbocycles. The summed E-state index contributed by atoms with van der Waals surface area (Å²) in [5.74, 6) is 0.0520. The molecule has 7 heteroatoms. The van der Waals surface area contributed by atoms with Gasteiger partial charge in [0, 0.05) is 12.2 Å². The molecule has 1 aliphatic carbocycles. The predicted molar refractivity (Wildman–Crippen MR) is 145 cm³/mol. The summed E-state index contributed by atoms with van der Waals surface area (Å²) in [5, 5.41) is 11.5. The van der Waals surface area contributed by atoms with E-state index in [2.05, 4.69) is 41.6 Å². The van der Waals surface area contributed by atoms with E-state index in [-0.39, 0.29) is 18.4 Å². The second-order valence-electron chi connectivity index (χ2n) is 10.1. The van der Waals surface area contributed by atoms with Gasteiger partial charge in [-0.1, -0.05) is 67.6 Å². The fourth-order valence-electron chi connectivity index (χ4n) is 5.02. The third kappa shape index (κ3) is 5.40. The Morgan fingerprint density at radius 3 is 2.54 bits per heavy atom. The van der Waals surface area contributed by atoms with Crippen LogP contribution in [0.15, 0.2) is 72.8 Å². The van der Waals surface area contributed by atoms with Crippen molar-refractivity contribution in [2.24, 2.45) is 5.92 Å². The van der Waals surface area contributed by atoms with E-state index in [9.17, 15) is 9.59 Å². The number of carbonyl (C=O) groups is 2. The third-order valence-electron chi connectivity index (χ3n) is 6.98. The number of amides is 2. The number of aryl methyl sites for hydroxylation is 2. The largest absolute Gasteiger partial charge is 0.354 e. The van der Waals surface area contributed by atoms with Gasteiger partial charge in [-0.15, -0.1) is 5.10 Å².